The first-order valence-corrected chi connectivity index (χ1v) is 19.8. The van der Waals surface area contributed by atoms with E-state index in [4.69, 9.17) is 51.6 Å². The van der Waals surface area contributed by atoms with E-state index in [0.717, 1.165) is 16.9 Å². The van der Waals surface area contributed by atoms with Crippen LogP contribution in [-0.4, -0.2) is 118 Å². The van der Waals surface area contributed by atoms with Gasteiger partial charge in [0.05, 0.1) is 26.4 Å². The normalized spacial score (nSPS) is 29.0. The Bertz CT molecular complexity index is 1970. The molecule has 314 valence electrons. The first-order chi connectivity index (χ1) is 27.8. The van der Waals surface area contributed by atoms with Gasteiger partial charge in [-0.3, -0.25) is 0 Å². The number of rotatable bonds is 16. The molecule has 2 saturated heterocycles. The molecule has 0 amide bonds. The SMILES string of the molecule is CCOc1ccc(Cc2cc(C3(OC[C@H](O)[C@H]4OC(OC)(c5ccc(Cl)c(Cc6ccc(OCC)cc6)c5)[C@H](O)[C@H]4O)O[C@H](CO)[C@@H](O)[C@H](O)[C@H]3O)ccc2Cl)cc1. The summed E-state index contributed by atoms with van der Waals surface area (Å²) < 4.78 is 35.3. The average Bonchev–Trinajstić information content (AvgIpc) is 3.49. The molecule has 58 heavy (non-hydrogen) atoms. The van der Waals surface area contributed by atoms with Crippen molar-refractivity contribution in [3.05, 3.63) is 128 Å². The summed E-state index contributed by atoms with van der Waals surface area (Å²) >= 11 is 13.2. The zero-order valence-electron chi connectivity index (χ0n) is 32.3. The van der Waals surface area contributed by atoms with Gasteiger partial charge in [-0.05, 0) is 97.5 Å². The Hall–Kier alpha value is -3.38. The Morgan fingerprint density at radius 3 is 1.60 bits per heavy atom. The monoisotopic (exact) mass is 844 g/mol. The third-order valence-electron chi connectivity index (χ3n) is 10.6. The van der Waals surface area contributed by atoms with Gasteiger partial charge in [0.1, 0.15) is 60.3 Å². The summed E-state index contributed by atoms with van der Waals surface area (Å²) in [5.74, 6) is -2.83. The second-order valence-corrected chi connectivity index (χ2v) is 15.1. The molecule has 0 bridgehead atoms. The molecule has 2 fully saturated rings. The van der Waals surface area contributed by atoms with E-state index in [1.54, 1.807) is 30.3 Å². The van der Waals surface area contributed by atoms with E-state index < -0.39 is 73.6 Å². The molecule has 2 heterocycles. The highest BCUT2D eigenvalue weighted by Crippen LogP contribution is 2.45. The number of halogens is 2. The lowest BCUT2D eigenvalue weighted by molar-refractivity contribution is -0.378. The Labute approximate surface area is 346 Å². The van der Waals surface area contributed by atoms with Crippen molar-refractivity contribution in [1.82, 2.24) is 0 Å². The lowest BCUT2D eigenvalue weighted by Gasteiger charge is -2.48. The fourth-order valence-corrected chi connectivity index (χ4v) is 7.87. The molecule has 4 aromatic rings. The van der Waals surface area contributed by atoms with Crippen LogP contribution in [0.2, 0.25) is 10.0 Å². The molecule has 7 N–H and O–H groups in total. The molecule has 2 aliphatic heterocycles. The van der Waals surface area contributed by atoms with Gasteiger partial charge in [-0.15, -0.1) is 0 Å². The van der Waals surface area contributed by atoms with Gasteiger partial charge in [0, 0.05) is 28.3 Å². The maximum absolute atomic E-state index is 11.6. The fourth-order valence-electron chi connectivity index (χ4n) is 7.50. The van der Waals surface area contributed by atoms with Crippen LogP contribution in [0.25, 0.3) is 0 Å². The minimum absolute atomic E-state index is 0.141. The number of methoxy groups -OCH3 is 1. The summed E-state index contributed by atoms with van der Waals surface area (Å²) in [4.78, 5) is 0. The Kier molecular flexibility index (Phi) is 14.4. The minimum Gasteiger partial charge on any atom is -0.494 e. The van der Waals surface area contributed by atoms with Crippen molar-refractivity contribution in [1.29, 1.82) is 0 Å². The van der Waals surface area contributed by atoms with Crippen LogP contribution in [0.1, 0.15) is 47.2 Å². The Morgan fingerprint density at radius 2 is 1.14 bits per heavy atom. The maximum Gasteiger partial charge on any atom is 0.225 e. The van der Waals surface area contributed by atoms with Gasteiger partial charge in [-0.2, -0.15) is 0 Å². The summed E-state index contributed by atoms with van der Waals surface area (Å²) in [5, 5.41) is 78.6. The molecule has 0 spiro atoms. The predicted molar refractivity (Wildman–Crippen MR) is 213 cm³/mol. The van der Waals surface area contributed by atoms with Crippen molar-refractivity contribution in [2.24, 2.45) is 0 Å². The van der Waals surface area contributed by atoms with Crippen LogP contribution < -0.4 is 9.47 Å². The first-order valence-electron chi connectivity index (χ1n) is 19.1. The van der Waals surface area contributed by atoms with Crippen molar-refractivity contribution in [3.63, 3.8) is 0 Å². The van der Waals surface area contributed by atoms with Crippen LogP contribution in [0.3, 0.4) is 0 Å². The molecule has 13 nitrogen and oxygen atoms in total. The third-order valence-corrected chi connectivity index (χ3v) is 11.4. The molecule has 0 saturated carbocycles. The summed E-state index contributed by atoms with van der Waals surface area (Å²) in [7, 11) is 1.29. The van der Waals surface area contributed by atoms with Crippen LogP contribution in [0, 0.1) is 0 Å². The zero-order valence-corrected chi connectivity index (χ0v) is 33.8. The quantitative estimate of drug-likeness (QED) is 0.0866. The number of hydrogen-bond donors (Lipinski definition) is 7. The number of ether oxygens (including phenoxy) is 6. The molecular weight excluding hydrogens is 795 g/mol. The highest BCUT2D eigenvalue weighted by atomic mass is 35.5. The molecular formula is C43H50Cl2O13. The smallest absolute Gasteiger partial charge is 0.225 e. The van der Waals surface area contributed by atoms with Gasteiger partial charge in [0.15, 0.2) is 0 Å². The van der Waals surface area contributed by atoms with Crippen molar-refractivity contribution in [2.45, 2.75) is 87.1 Å². The molecule has 0 radical (unpaired) electrons. The molecule has 15 heteroatoms. The van der Waals surface area contributed by atoms with Crippen molar-refractivity contribution in [3.8, 4) is 11.5 Å². The molecule has 0 aromatic heterocycles. The van der Waals surface area contributed by atoms with E-state index in [0.29, 0.717) is 58.5 Å². The summed E-state index contributed by atoms with van der Waals surface area (Å²) in [5.41, 5.74) is 3.51. The van der Waals surface area contributed by atoms with Crippen molar-refractivity contribution in [2.75, 3.05) is 33.5 Å². The lowest BCUT2D eigenvalue weighted by atomic mass is 9.86. The minimum atomic E-state index is -2.29. The van der Waals surface area contributed by atoms with Gasteiger partial charge in [0.2, 0.25) is 11.6 Å². The van der Waals surface area contributed by atoms with E-state index in [1.165, 1.54) is 13.2 Å². The largest absolute Gasteiger partial charge is 0.494 e. The van der Waals surface area contributed by atoms with E-state index in [9.17, 15) is 35.7 Å². The lowest BCUT2D eigenvalue weighted by Crippen LogP contribution is -2.65. The summed E-state index contributed by atoms with van der Waals surface area (Å²) in [6, 6.07) is 24.5. The first kappa shape index (κ1) is 44.2. The Morgan fingerprint density at radius 1 is 0.655 bits per heavy atom. The maximum atomic E-state index is 11.6. The van der Waals surface area contributed by atoms with E-state index >= 15 is 0 Å². The number of aliphatic hydroxyl groups is 7. The van der Waals surface area contributed by atoms with Crippen molar-refractivity contribution >= 4 is 23.2 Å². The number of aliphatic hydroxyl groups excluding tert-OH is 7. The molecule has 2 aliphatic rings. The predicted octanol–water partition coefficient (Wildman–Crippen LogP) is 3.60. The van der Waals surface area contributed by atoms with Gasteiger partial charge >= 0.3 is 0 Å². The van der Waals surface area contributed by atoms with Crippen LogP contribution in [-0.2, 0) is 43.4 Å². The van der Waals surface area contributed by atoms with Gasteiger partial charge in [-0.25, -0.2) is 0 Å². The highest BCUT2D eigenvalue weighted by molar-refractivity contribution is 6.31. The summed E-state index contributed by atoms with van der Waals surface area (Å²) in [6.07, 6.45) is -12.9. The van der Waals surface area contributed by atoms with Crippen LogP contribution in [0.5, 0.6) is 11.5 Å². The molecule has 10 atom stereocenters. The molecule has 0 aliphatic carbocycles. The van der Waals surface area contributed by atoms with Crippen LogP contribution in [0.4, 0.5) is 0 Å². The van der Waals surface area contributed by atoms with Gasteiger partial charge in [0.25, 0.3) is 0 Å². The Balaban J connectivity index is 1.26. The second-order valence-electron chi connectivity index (χ2n) is 14.3. The average molecular weight is 846 g/mol. The van der Waals surface area contributed by atoms with Crippen molar-refractivity contribution < 1.29 is 64.2 Å². The standard InChI is InChI=1S/C43H50Cl2O13/c1-4-54-30-12-6-24(7-13-30)18-26-20-28(10-16-32(26)44)42(53-3)41(52)38(50)39(58-42)34(47)23-56-43(40(51)37(49)36(48)35(22-46)57-43)29-11-17-33(45)27(21-29)19-25-8-14-31(15-9-25)55-5-2/h6-17,20-21,34-41,46-52H,4-5,18-19,22-23H2,1-3H3/t34-,35+,36+,37-,38-,39+,40+,41+,42?,43?/m0/s1. The summed E-state index contributed by atoms with van der Waals surface area (Å²) in [6.45, 7) is 3.35. The van der Waals surface area contributed by atoms with E-state index in [-0.39, 0.29) is 5.56 Å². The van der Waals surface area contributed by atoms with E-state index in [1.807, 2.05) is 62.4 Å². The van der Waals surface area contributed by atoms with Crippen LogP contribution in [0.15, 0.2) is 84.9 Å². The highest BCUT2D eigenvalue weighted by Gasteiger charge is 2.60. The second kappa shape index (κ2) is 18.9. The molecule has 4 aromatic carbocycles. The number of hydrogen-bond acceptors (Lipinski definition) is 13. The zero-order chi connectivity index (χ0) is 41.8. The van der Waals surface area contributed by atoms with Gasteiger partial charge < -0.3 is 64.2 Å². The van der Waals surface area contributed by atoms with Crippen LogP contribution >= 0.6 is 23.2 Å². The van der Waals surface area contributed by atoms with Gasteiger partial charge in [-0.1, -0.05) is 59.6 Å². The fraction of sp³-hybridized carbons (Fsp3) is 0.442. The molecule has 2 unspecified atom stereocenters. The van der Waals surface area contributed by atoms with E-state index in [2.05, 4.69) is 0 Å². The number of benzene rings is 4. The molecule has 6 rings (SSSR count). The third kappa shape index (κ3) is 8.89. The topological polar surface area (TPSA) is 197 Å².